The van der Waals surface area contributed by atoms with Gasteiger partial charge in [-0.2, -0.15) is 5.10 Å². The lowest BCUT2D eigenvalue weighted by Gasteiger charge is -2.26. The van der Waals surface area contributed by atoms with E-state index >= 15 is 0 Å². The lowest BCUT2D eigenvalue weighted by Crippen LogP contribution is -2.33. The number of carbonyl (C=O) groups excluding carboxylic acids is 1. The number of hydrogen-bond acceptors (Lipinski definition) is 4. The van der Waals surface area contributed by atoms with Gasteiger partial charge in [-0.25, -0.2) is 0 Å². The molecule has 1 aliphatic rings. The number of nitrogens with zero attached hydrogens (tertiary/aromatic N) is 2. The standard InChI is InChI=1S/C10H15N3O2/c1-15-5-4-13-3-2-9-8(6-13)10(7-14)12-11-9/h7H,2-6H2,1H3,(H,11,12). The minimum atomic E-state index is 0.548. The molecule has 5 nitrogen and oxygen atoms in total. The molecule has 0 spiro atoms. The predicted octanol–water partition coefficient (Wildman–Crippen LogP) is 0.227. The second-order valence-corrected chi connectivity index (χ2v) is 3.70. The van der Waals surface area contributed by atoms with E-state index in [-0.39, 0.29) is 0 Å². The third-order valence-electron chi connectivity index (χ3n) is 2.77. The van der Waals surface area contributed by atoms with Crippen molar-refractivity contribution in [2.75, 3.05) is 26.8 Å². The quantitative estimate of drug-likeness (QED) is 0.721. The highest BCUT2D eigenvalue weighted by atomic mass is 16.5. The monoisotopic (exact) mass is 209 g/mol. The van der Waals surface area contributed by atoms with Crippen molar-refractivity contribution >= 4 is 6.29 Å². The fourth-order valence-corrected chi connectivity index (χ4v) is 1.88. The molecule has 15 heavy (non-hydrogen) atoms. The Morgan fingerprint density at radius 2 is 2.53 bits per heavy atom. The van der Waals surface area contributed by atoms with Crippen LogP contribution in [0.15, 0.2) is 0 Å². The molecule has 82 valence electrons. The number of rotatable bonds is 4. The highest BCUT2D eigenvalue weighted by Crippen LogP contribution is 2.18. The first-order valence-corrected chi connectivity index (χ1v) is 5.07. The number of aromatic nitrogens is 2. The Morgan fingerprint density at radius 3 is 3.27 bits per heavy atom. The van der Waals surface area contributed by atoms with E-state index in [2.05, 4.69) is 15.1 Å². The van der Waals surface area contributed by atoms with Gasteiger partial charge in [0.1, 0.15) is 5.69 Å². The fourth-order valence-electron chi connectivity index (χ4n) is 1.88. The van der Waals surface area contributed by atoms with E-state index in [1.54, 1.807) is 7.11 Å². The second kappa shape index (κ2) is 4.55. The third-order valence-corrected chi connectivity index (χ3v) is 2.77. The zero-order chi connectivity index (χ0) is 10.7. The normalized spacial score (nSPS) is 16.3. The molecule has 1 aromatic heterocycles. The highest BCUT2D eigenvalue weighted by Gasteiger charge is 2.21. The van der Waals surface area contributed by atoms with Gasteiger partial charge >= 0.3 is 0 Å². The van der Waals surface area contributed by atoms with Crippen molar-refractivity contribution in [2.24, 2.45) is 0 Å². The van der Waals surface area contributed by atoms with Gasteiger partial charge < -0.3 is 4.74 Å². The summed E-state index contributed by atoms with van der Waals surface area (Å²) in [7, 11) is 1.70. The number of nitrogens with one attached hydrogen (secondary N) is 1. The minimum Gasteiger partial charge on any atom is -0.383 e. The Morgan fingerprint density at radius 1 is 1.67 bits per heavy atom. The summed E-state index contributed by atoms with van der Waals surface area (Å²) < 4.78 is 5.04. The van der Waals surface area contributed by atoms with Crippen molar-refractivity contribution in [3.05, 3.63) is 17.0 Å². The molecule has 0 saturated heterocycles. The van der Waals surface area contributed by atoms with Crippen LogP contribution in [0.5, 0.6) is 0 Å². The zero-order valence-electron chi connectivity index (χ0n) is 8.82. The van der Waals surface area contributed by atoms with Crippen LogP contribution in [0.3, 0.4) is 0 Å². The highest BCUT2D eigenvalue weighted by molar-refractivity contribution is 5.74. The van der Waals surface area contributed by atoms with E-state index in [1.807, 2.05) is 0 Å². The number of H-pyrrole nitrogens is 1. The summed E-state index contributed by atoms with van der Waals surface area (Å²) in [4.78, 5) is 13.0. The maximum absolute atomic E-state index is 10.7. The van der Waals surface area contributed by atoms with Crippen LogP contribution in [-0.4, -0.2) is 48.2 Å². The molecule has 5 heteroatoms. The van der Waals surface area contributed by atoms with E-state index in [0.717, 1.165) is 50.2 Å². The zero-order valence-corrected chi connectivity index (χ0v) is 8.82. The van der Waals surface area contributed by atoms with Crippen molar-refractivity contribution in [1.82, 2.24) is 15.1 Å². The summed E-state index contributed by atoms with van der Waals surface area (Å²) in [6, 6.07) is 0. The number of aldehydes is 1. The molecule has 2 rings (SSSR count). The van der Waals surface area contributed by atoms with Gasteiger partial charge in [-0.3, -0.25) is 14.8 Å². The molecule has 0 atom stereocenters. The number of ether oxygens (including phenoxy) is 1. The molecule has 0 fully saturated rings. The molecule has 1 N–H and O–H groups in total. The molecule has 0 radical (unpaired) electrons. The topological polar surface area (TPSA) is 58.2 Å². The molecule has 0 unspecified atom stereocenters. The average Bonchev–Trinajstić information content (AvgIpc) is 2.68. The SMILES string of the molecule is COCCN1CCc2[nH]nc(C=O)c2C1. The Bertz CT molecular complexity index is 348. The first kappa shape index (κ1) is 10.3. The van der Waals surface area contributed by atoms with Crippen molar-refractivity contribution in [2.45, 2.75) is 13.0 Å². The summed E-state index contributed by atoms with van der Waals surface area (Å²) in [5.41, 5.74) is 2.70. The van der Waals surface area contributed by atoms with Crippen LogP contribution in [-0.2, 0) is 17.7 Å². The van der Waals surface area contributed by atoms with Gasteiger partial charge in [0.25, 0.3) is 0 Å². The van der Waals surface area contributed by atoms with Crippen molar-refractivity contribution in [3.8, 4) is 0 Å². The first-order valence-electron chi connectivity index (χ1n) is 5.07. The number of carbonyl (C=O) groups is 1. The third kappa shape index (κ3) is 2.08. The minimum absolute atomic E-state index is 0.548. The summed E-state index contributed by atoms with van der Waals surface area (Å²) >= 11 is 0. The molecule has 0 amide bonds. The summed E-state index contributed by atoms with van der Waals surface area (Å²) in [6.07, 6.45) is 1.75. The summed E-state index contributed by atoms with van der Waals surface area (Å²) in [5.74, 6) is 0. The van der Waals surface area contributed by atoms with Crippen molar-refractivity contribution in [3.63, 3.8) is 0 Å². The van der Waals surface area contributed by atoms with Gasteiger partial charge in [0.05, 0.1) is 6.61 Å². The Kier molecular flexibility index (Phi) is 3.13. The molecular weight excluding hydrogens is 194 g/mol. The maximum Gasteiger partial charge on any atom is 0.170 e. The fraction of sp³-hybridized carbons (Fsp3) is 0.600. The molecule has 1 aromatic rings. The second-order valence-electron chi connectivity index (χ2n) is 3.70. The number of aromatic amines is 1. The van der Waals surface area contributed by atoms with Crippen LogP contribution in [0, 0.1) is 0 Å². The van der Waals surface area contributed by atoms with Crippen LogP contribution in [0.2, 0.25) is 0 Å². The number of hydrogen-bond donors (Lipinski definition) is 1. The van der Waals surface area contributed by atoms with Gasteiger partial charge in [0, 0.05) is 44.4 Å². The number of methoxy groups -OCH3 is 1. The Balaban J connectivity index is 2.07. The molecule has 0 aromatic carbocycles. The average molecular weight is 209 g/mol. The van der Waals surface area contributed by atoms with E-state index in [9.17, 15) is 4.79 Å². The van der Waals surface area contributed by atoms with Crippen molar-refractivity contribution < 1.29 is 9.53 Å². The summed E-state index contributed by atoms with van der Waals surface area (Å²) in [5, 5.41) is 6.89. The van der Waals surface area contributed by atoms with Gasteiger partial charge in [0.15, 0.2) is 6.29 Å². The van der Waals surface area contributed by atoms with Crippen LogP contribution in [0.25, 0.3) is 0 Å². The van der Waals surface area contributed by atoms with Crippen molar-refractivity contribution in [1.29, 1.82) is 0 Å². The smallest absolute Gasteiger partial charge is 0.170 e. The van der Waals surface area contributed by atoms with E-state index < -0.39 is 0 Å². The molecule has 0 bridgehead atoms. The van der Waals surface area contributed by atoms with Crippen LogP contribution in [0.4, 0.5) is 0 Å². The van der Waals surface area contributed by atoms with Crippen LogP contribution in [0.1, 0.15) is 21.7 Å². The van der Waals surface area contributed by atoms with Gasteiger partial charge in [-0.1, -0.05) is 0 Å². The maximum atomic E-state index is 10.7. The summed E-state index contributed by atoms with van der Waals surface area (Å²) in [6.45, 7) is 3.42. The molecule has 0 saturated carbocycles. The van der Waals surface area contributed by atoms with Gasteiger partial charge in [-0.05, 0) is 0 Å². The Hall–Kier alpha value is -1.20. The van der Waals surface area contributed by atoms with E-state index in [1.165, 1.54) is 0 Å². The van der Waals surface area contributed by atoms with E-state index in [4.69, 9.17) is 4.74 Å². The number of fused-ring (bicyclic) bond motifs is 1. The molecular formula is C10H15N3O2. The van der Waals surface area contributed by atoms with Crippen LogP contribution >= 0.6 is 0 Å². The molecule has 0 aliphatic carbocycles. The van der Waals surface area contributed by atoms with Gasteiger partial charge in [0.2, 0.25) is 0 Å². The molecule has 2 heterocycles. The lowest BCUT2D eigenvalue weighted by molar-refractivity contribution is 0.111. The Labute approximate surface area is 88.4 Å². The van der Waals surface area contributed by atoms with Gasteiger partial charge in [-0.15, -0.1) is 0 Å². The molecule has 1 aliphatic heterocycles. The van der Waals surface area contributed by atoms with Crippen LogP contribution < -0.4 is 0 Å². The van der Waals surface area contributed by atoms with E-state index in [0.29, 0.717) is 5.69 Å². The lowest BCUT2D eigenvalue weighted by atomic mass is 10.1. The first-order chi connectivity index (χ1) is 7.35. The largest absolute Gasteiger partial charge is 0.383 e. The predicted molar refractivity (Wildman–Crippen MR) is 54.8 cm³/mol.